The average molecular weight is 461 g/mol. The number of nitrogens with one attached hydrogen (secondary N) is 1. The summed E-state index contributed by atoms with van der Waals surface area (Å²) in [5.41, 5.74) is 5.84. The van der Waals surface area contributed by atoms with Crippen molar-refractivity contribution in [1.82, 2.24) is 14.8 Å². The molecule has 1 saturated carbocycles. The Kier molecular flexibility index (Phi) is 6.74. The highest BCUT2D eigenvalue weighted by molar-refractivity contribution is 7.14. The summed E-state index contributed by atoms with van der Waals surface area (Å²) < 4.78 is 0. The minimum atomic E-state index is 0.287. The van der Waals surface area contributed by atoms with Crippen LogP contribution >= 0.6 is 11.3 Å². The molecule has 2 aromatic carbocycles. The number of piperazine rings is 1. The number of nitrogens with zero attached hydrogens (tertiary/aromatic N) is 3. The normalized spacial score (nSPS) is 17.4. The second-order valence-corrected chi connectivity index (χ2v) is 10.1. The predicted octanol–water partition coefficient (Wildman–Crippen LogP) is 5.70. The standard InChI is InChI=1S/C27H32N4OS/c1-20-23(18-30-14-16-31(17-15-30)26(32)22-10-5-6-11-22)12-7-13-24(20)28-27-29-25(19-33-27)21-8-3-2-4-9-21/h2-4,7-9,12-13,19,22H,5-6,10-11,14-18H2,1H3,(H,28,29). The highest BCUT2D eigenvalue weighted by Crippen LogP contribution is 2.30. The fourth-order valence-electron chi connectivity index (χ4n) is 4.98. The Hall–Kier alpha value is -2.70. The Bertz CT molecular complexity index is 1080. The van der Waals surface area contributed by atoms with Gasteiger partial charge in [-0.05, 0) is 37.0 Å². The van der Waals surface area contributed by atoms with Crippen LogP contribution in [0.25, 0.3) is 11.3 Å². The second-order valence-electron chi connectivity index (χ2n) is 9.20. The van der Waals surface area contributed by atoms with E-state index in [1.807, 2.05) is 18.2 Å². The third-order valence-corrected chi connectivity index (χ3v) is 7.80. The minimum absolute atomic E-state index is 0.287. The molecule has 1 aliphatic heterocycles. The van der Waals surface area contributed by atoms with Crippen molar-refractivity contribution >= 4 is 28.1 Å². The number of benzene rings is 2. The molecule has 172 valence electrons. The lowest BCUT2D eigenvalue weighted by molar-refractivity contribution is -0.137. The number of hydrogen-bond donors (Lipinski definition) is 1. The van der Waals surface area contributed by atoms with Gasteiger partial charge in [0.1, 0.15) is 0 Å². The highest BCUT2D eigenvalue weighted by atomic mass is 32.1. The van der Waals surface area contributed by atoms with Crippen LogP contribution in [0.2, 0.25) is 0 Å². The van der Waals surface area contributed by atoms with Gasteiger partial charge in [0.2, 0.25) is 5.91 Å². The molecular formula is C27H32N4OS. The number of amides is 1. The summed E-state index contributed by atoms with van der Waals surface area (Å²) in [6.07, 6.45) is 4.61. The molecule has 3 aromatic rings. The topological polar surface area (TPSA) is 48.5 Å². The van der Waals surface area contributed by atoms with Gasteiger partial charge in [-0.2, -0.15) is 0 Å². The monoisotopic (exact) mass is 460 g/mol. The van der Waals surface area contributed by atoms with Crippen LogP contribution in [0.3, 0.4) is 0 Å². The Morgan fingerprint density at radius 2 is 1.79 bits per heavy atom. The molecule has 5 nitrogen and oxygen atoms in total. The molecule has 1 aromatic heterocycles. The summed E-state index contributed by atoms with van der Waals surface area (Å²) in [5, 5.41) is 6.54. The lowest BCUT2D eigenvalue weighted by Crippen LogP contribution is -2.49. The summed E-state index contributed by atoms with van der Waals surface area (Å²) in [4.78, 5) is 22.1. The molecule has 1 N–H and O–H groups in total. The molecule has 2 heterocycles. The summed E-state index contributed by atoms with van der Waals surface area (Å²) in [5.74, 6) is 0.683. The van der Waals surface area contributed by atoms with E-state index in [1.165, 1.54) is 24.0 Å². The molecule has 2 aliphatic rings. The van der Waals surface area contributed by atoms with Gasteiger partial charge in [-0.3, -0.25) is 9.69 Å². The fourth-order valence-corrected chi connectivity index (χ4v) is 5.71. The molecule has 1 amide bonds. The van der Waals surface area contributed by atoms with Crippen molar-refractivity contribution in [3.63, 3.8) is 0 Å². The van der Waals surface area contributed by atoms with Crippen molar-refractivity contribution in [3.8, 4) is 11.3 Å². The predicted molar refractivity (Wildman–Crippen MR) is 136 cm³/mol. The van der Waals surface area contributed by atoms with Crippen LogP contribution in [0, 0.1) is 12.8 Å². The molecule has 6 heteroatoms. The maximum absolute atomic E-state index is 12.7. The molecular weight excluding hydrogens is 428 g/mol. The first-order chi connectivity index (χ1) is 16.2. The van der Waals surface area contributed by atoms with E-state index in [2.05, 4.69) is 57.8 Å². The van der Waals surface area contributed by atoms with Gasteiger partial charge in [0.25, 0.3) is 0 Å². The number of aromatic nitrogens is 1. The third kappa shape index (κ3) is 5.12. The maximum Gasteiger partial charge on any atom is 0.225 e. The number of carbonyl (C=O) groups excluding carboxylic acids is 1. The highest BCUT2D eigenvalue weighted by Gasteiger charge is 2.29. The third-order valence-electron chi connectivity index (χ3n) is 7.04. The van der Waals surface area contributed by atoms with E-state index < -0.39 is 0 Å². The minimum Gasteiger partial charge on any atom is -0.340 e. The van der Waals surface area contributed by atoms with E-state index in [1.54, 1.807) is 11.3 Å². The number of carbonyl (C=O) groups is 1. The number of thiazole rings is 1. The summed E-state index contributed by atoms with van der Waals surface area (Å²) >= 11 is 1.63. The Morgan fingerprint density at radius 1 is 1.03 bits per heavy atom. The van der Waals surface area contributed by atoms with E-state index in [-0.39, 0.29) is 5.92 Å². The van der Waals surface area contributed by atoms with E-state index >= 15 is 0 Å². The van der Waals surface area contributed by atoms with Crippen LogP contribution in [-0.4, -0.2) is 46.9 Å². The Morgan fingerprint density at radius 3 is 2.55 bits per heavy atom. The molecule has 2 fully saturated rings. The molecule has 0 atom stereocenters. The molecule has 1 aliphatic carbocycles. The van der Waals surface area contributed by atoms with Crippen molar-refractivity contribution in [1.29, 1.82) is 0 Å². The van der Waals surface area contributed by atoms with Crippen LogP contribution in [0.15, 0.2) is 53.9 Å². The van der Waals surface area contributed by atoms with Gasteiger partial charge < -0.3 is 10.2 Å². The maximum atomic E-state index is 12.7. The van der Waals surface area contributed by atoms with E-state index in [0.717, 1.165) is 67.6 Å². The molecule has 33 heavy (non-hydrogen) atoms. The molecule has 0 unspecified atom stereocenters. The first-order valence-corrected chi connectivity index (χ1v) is 12.9. The zero-order valence-corrected chi connectivity index (χ0v) is 20.1. The van der Waals surface area contributed by atoms with E-state index in [9.17, 15) is 4.79 Å². The van der Waals surface area contributed by atoms with Crippen molar-refractivity contribution < 1.29 is 4.79 Å². The van der Waals surface area contributed by atoms with Gasteiger partial charge in [0, 0.05) is 55.3 Å². The Balaban J connectivity index is 1.20. The molecule has 5 rings (SSSR count). The van der Waals surface area contributed by atoms with Gasteiger partial charge in [0.15, 0.2) is 5.13 Å². The van der Waals surface area contributed by atoms with Gasteiger partial charge in [-0.15, -0.1) is 11.3 Å². The molecule has 0 spiro atoms. The van der Waals surface area contributed by atoms with Gasteiger partial charge in [-0.25, -0.2) is 4.98 Å². The lowest BCUT2D eigenvalue weighted by atomic mass is 10.0. The molecule has 0 radical (unpaired) electrons. The molecule has 0 bridgehead atoms. The van der Waals surface area contributed by atoms with Gasteiger partial charge in [-0.1, -0.05) is 55.3 Å². The summed E-state index contributed by atoms with van der Waals surface area (Å²) in [7, 11) is 0. The average Bonchev–Trinajstić information content (AvgIpc) is 3.55. The van der Waals surface area contributed by atoms with Crippen LogP contribution in [0.5, 0.6) is 0 Å². The zero-order valence-electron chi connectivity index (χ0n) is 19.3. The van der Waals surface area contributed by atoms with E-state index in [4.69, 9.17) is 4.98 Å². The first-order valence-electron chi connectivity index (χ1n) is 12.0. The van der Waals surface area contributed by atoms with Gasteiger partial charge >= 0.3 is 0 Å². The van der Waals surface area contributed by atoms with Crippen molar-refractivity contribution in [2.75, 3.05) is 31.5 Å². The van der Waals surface area contributed by atoms with Crippen molar-refractivity contribution in [2.24, 2.45) is 5.92 Å². The fraction of sp³-hybridized carbons (Fsp3) is 0.407. The van der Waals surface area contributed by atoms with E-state index in [0.29, 0.717) is 5.91 Å². The molecule has 1 saturated heterocycles. The number of anilines is 2. The first kappa shape index (κ1) is 22.1. The van der Waals surface area contributed by atoms with Crippen molar-refractivity contribution in [2.45, 2.75) is 39.2 Å². The Labute approximate surface area is 200 Å². The van der Waals surface area contributed by atoms with Crippen LogP contribution < -0.4 is 5.32 Å². The number of hydrogen-bond acceptors (Lipinski definition) is 5. The summed E-state index contributed by atoms with van der Waals surface area (Å²) in [6, 6.07) is 16.7. The quantitative estimate of drug-likeness (QED) is 0.513. The largest absolute Gasteiger partial charge is 0.340 e. The van der Waals surface area contributed by atoms with Crippen molar-refractivity contribution in [3.05, 3.63) is 65.0 Å². The lowest BCUT2D eigenvalue weighted by Gasteiger charge is -2.36. The number of rotatable bonds is 6. The van der Waals surface area contributed by atoms with Gasteiger partial charge in [0.05, 0.1) is 5.69 Å². The summed E-state index contributed by atoms with van der Waals surface area (Å²) in [6.45, 7) is 6.70. The van der Waals surface area contributed by atoms with Crippen LogP contribution in [-0.2, 0) is 11.3 Å². The SMILES string of the molecule is Cc1c(CN2CCN(C(=O)C3CCCC3)CC2)cccc1Nc1nc(-c2ccccc2)cs1. The van der Waals surface area contributed by atoms with Crippen LogP contribution in [0.4, 0.5) is 10.8 Å². The zero-order chi connectivity index (χ0) is 22.6. The second kappa shape index (κ2) is 10.1. The van der Waals surface area contributed by atoms with Crippen LogP contribution in [0.1, 0.15) is 36.8 Å². The smallest absolute Gasteiger partial charge is 0.225 e.